The van der Waals surface area contributed by atoms with Crippen molar-refractivity contribution in [1.29, 1.82) is 0 Å². The molecule has 0 aliphatic carbocycles. The molecule has 2 aromatic rings. The number of halogens is 13. The Hall–Kier alpha value is -3.43. The average molecular weight is 643 g/mol. The minimum atomic E-state index is -5.40. The maximum Gasteiger partial charge on any atom is 0.417 e. The lowest BCUT2D eigenvalue weighted by molar-refractivity contribution is -0.140. The van der Waals surface area contributed by atoms with Crippen LogP contribution in [0.2, 0.25) is 5.02 Å². The van der Waals surface area contributed by atoms with Gasteiger partial charge in [0.1, 0.15) is 24.3 Å². The second kappa shape index (κ2) is 12.4. The summed E-state index contributed by atoms with van der Waals surface area (Å²) in [5.74, 6) is -11.5. The van der Waals surface area contributed by atoms with Gasteiger partial charge in [-0.1, -0.05) is 17.7 Å². The van der Waals surface area contributed by atoms with Gasteiger partial charge in [-0.3, -0.25) is 9.59 Å². The summed E-state index contributed by atoms with van der Waals surface area (Å²) in [6.07, 6.45) is -15.7. The molecule has 0 saturated carbocycles. The maximum absolute atomic E-state index is 15.0. The molecular formula is C25H19ClF12N2O2. The molecule has 0 radical (unpaired) electrons. The summed E-state index contributed by atoms with van der Waals surface area (Å²) >= 11 is 5.66. The van der Waals surface area contributed by atoms with Gasteiger partial charge in [0.05, 0.1) is 11.1 Å². The van der Waals surface area contributed by atoms with Gasteiger partial charge in [-0.25, -0.2) is 13.2 Å². The van der Waals surface area contributed by atoms with Crippen LogP contribution >= 0.6 is 11.6 Å². The van der Waals surface area contributed by atoms with E-state index < -0.39 is 93.4 Å². The minimum absolute atomic E-state index is 0.00777. The summed E-state index contributed by atoms with van der Waals surface area (Å²) in [4.78, 5) is 24.1. The van der Waals surface area contributed by atoms with Crippen LogP contribution in [0.3, 0.4) is 0 Å². The fourth-order valence-electron chi connectivity index (χ4n) is 3.47. The van der Waals surface area contributed by atoms with Crippen LogP contribution in [0.4, 0.5) is 52.7 Å². The van der Waals surface area contributed by atoms with Gasteiger partial charge in [0.2, 0.25) is 5.91 Å². The quantitative estimate of drug-likeness (QED) is 0.288. The summed E-state index contributed by atoms with van der Waals surface area (Å²) < 4.78 is 162. The first-order chi connectivity index (χ1) is 18.9. The van der Waals surface area contributed by atoms with Crippen molar-refractivity contribution in [1.82, 2.24) is 10.6 Å². The number of hydrogen-bond donors (Lipinski definition) is 2. The van der Waals surface area contributed by atoms with Gasteiger partial charge in [-0.15, -0.1) is 0 Å². The number of amides is 2. The molecule has 0 aliphatic heterocycles. The molecule has 0 fully saturated rings. The van der Waals surface area contributed by atoms with E-state index in [9.17, 15) is 57.9 Å². The lowest BCUT2D eigenvalue weighted by Gasteiger charge is -2.21. The van der Waals surface area contributed by atoms with Crippen molar-refractivity contribution in [3.63, 3.8) is 0 Å². The van der Waals surface area contributed by atoms with Crippen molar-refractivity contribution < 1.29 is 62.3 Å². The van der Waals surface area contributed by atoms with E-state index in [1.54, 1.807) is 5.32 Å². The standard InChI is InChI=1S/C25H19ClF12N2O2/c1-11(20(41)39-10-23(30,31)32)40-21(42)16-4-3-12(7-18(16)25(36,37)38)19(27)9-17(24(33,34)35)13-5-14(22(2,28)29)8-15(26)6-13/h3-9,11,17H,10H2,1-2H3,(H,39,41)(H,40,42)/b19-9-. The Morgan fingerprint density at radius 3 is 2.02 bits per heavy atom. The lowest BCUT2D eigenvalue weighted by atomic mass is 9.93. The summed E-state index contributed by atoms with van der Waals surface area (Å²) in [6.45, 7) is -0.565. The van der Waals surface area contributed by atoms with E-state index in [0.29, 0.717) is 37.3 Å². The van der Waals surface area contributed by atoms with Crippen molar-refractivity contribution in [2.45, 2.75) is 50.3 Å². The molecule has 17 heteroatoms. The third-order valence-corrected chi connectivity index (χ3v) is 5.72. The van der Waals surface area contributed by atoms with E-state index in [4.69, 9.17) is 11.6 Å². The summed E-state index contributed by atoms with van der Waals surface area (Å²) in [7, 11) is 0. The second-order valence-corrected chi connectivity index (χ2v) is 9.42. The molecule has 0 saturated heterocycles. The number of rotatable bonds is 8. The molecule has 4 nitrogen and oxygen atoms in total. The first-order valence-electron chi connectivity index (χ1n) is 11.4. The van der Waals surface area contributed by atoms with Crippen molar-refractivity contribution in [2.24, 2.45) is 0 Å². The lowest BCUT2D eigenvalue weighted by Crippen LogP contribution is -2.47. The maximum atomic E-state index is 15.0. The number of carbonyl (C=O) groups is 2. The Kier molecular flexibility index (Phi) is 10.3. The van der Waals surface area contributed by atoms with E-state index in [0.717, 1.165) is 6.92 Å². The fourth-order valence-corrected chi connectivity index (χ4v) is 3.72. The fraction of sp³-hybridized carbons (Fsp3) is 0.360. The van der Waals surface area contributed by atoms with Crippen molar-refractivity contribution in [2.75, 3.05) is 6.54 Å². The minimum Gasteiger partial charge on any atom is -0.345 e. The van der Waals surface area contributed by atoms with Crippen LogP contribution in [0.1, 0.15) is 52.4 Å². The molecule has 0 heterocycles. The van der Waals surface area contributed by atoms with Gasteiger partial charge in [0, 0.05) is 23.1 Å². The highest BCUT2D eigenvalue weighted by atomic mass is 35.5. The SMILES string of the molecule is CC(NC(=O)c1ccc(/C(F)=C/C(c2cc(Cl)cc(C(C)(F)F)c2)C(F)(F)F)cc1C(F)(F)F)C(=O)NCC(F)(F)F. The molecule has 0 spiro atoms. The first-order valence-corrected chi connectivity index (χ1v) is 11.8. The number of hydrogen-bond acceptors (Lipinski definition) is 2. The number of carbonyl (C=O) groups excluding carboxylic acids is 2. The Morgan fingerprint density at radius 2 is 1.52 bits per heavy atom. The third kappa shape index (κ3) is 9.56. The van der Waals surface area contributed by atoms with Crippen LogP contribution in [-0.2, 0) is 16.9 Å². The van der Waals surface area contributed by atoms with Crippen LogP contribution in [0.15, 0.2) is 42.5 Å². The van der Waals surface area contributed by atoms with E-state index >= 15 is 4.39 Å². The van der Waals surface area contributed by atoms with Crippen molar-refractivity contribution >= 4 is 29.2 Å². The second-order valence-electron chi connectivity index (χ2n) is 8.98. The molecule has 232 valence electrons. The number of allylic oxidation sites excluding steroid dienone is 1. The zero-order valence-electron chi connectivity index (χ0n) is 21.1. The number of benzene rings is 2. The third-order valence-electron chi connectivity index (χ3n) is 5.50. The molecule has 0 aliphatic rings. The predicted molar refractivity (Wildman–Crippen MR) is 126 cm³/mol. The van der Waals surface area contributed by atoms with Gasteiger partial charge in [-0.2, -0.15) is 39.5 Å². The molecule has 42 heavy (non-hydrogen) atoms. The number of alkyl halides is 11. The highest BCUT2D eigenvalue weighted by Gasteiger charge is 2.41. The molecule has 0 bridgehead atoms. The molecule has 2 N–H and O–H groups in total. The van der Waals surface area contributed by atoms with Gasteiger partial charge in [0.15, 0.2) is 0 Å². The molecule has 2 amide bonds. The highest BCUT2D eigenvalue weighted by molar-refractivity contribution is 6.30. The Labute approximate surface area is 234 Å². The Bertz CT molecular complexity index is 1340. The highest BCUT2D eigenvalue weighted by Crippen LogP contribution is 2.42. The molecule has 2 atom stereocenters. The van der Waals surface area contributed by atoms with Gasteiger partial charge in [-0.05, 0) is 48.9 Å². The normalized spacial score (nSPS) is 14.8. The number of nitrogens with one attached hydrogen (secondary N) is 2. The van der Waals surface area contributed by atoms with E-state index in [2.05, 4.69) is 0 Å². The Balaban J connectivity index is 2.49. The van der Waals surface area contributed by atoms with Crippen LogP contribution in [0.5, 0.6) is 0 Å². The van der Waals surface area contributed by atoms with Crippen LogP contribution in [0.25, 0.3) is 5.83 Å². The largest absolute Gasteiger partial charge is 0.417 e. The van der Waals surface area contributed by atoms with E-state index in [-0.39, 0.29) is 12.1 Å². The van der Waals surface area contributed by atoms with Gasteiger partial charge < -0.3 is 10.6 Å². The molecule has 2 unspecified atom stereocenters. The molecule has 2 aromatic carbocycles. The van der Waals surface area contributed by atoms with Gasteiger partial charge in [0.25, 0.3) is 11.8 Å². The monoisotopic (exact) mass is 642 g/mol. The first kappa shape index (κ1) is 34.8. The summed E-state index contributed by atoms with van der Waals surface area (Å²) in [6, 6.07) is 0.821. The predicted octanol–water partition coefficient (Wildman–Crippen LogP) is 7.92. The van der Waals surface area contributed by atoms with Crippen molar-refractivity contribution in [3.8, 4) is 0 Å². The van der Waals surface area contributed by atoms with Crippen LogP contribution in [0, 0.1) is 0 Å². The van der Waals surface area contributed by atoms with Crippen LogP contribution < -0.4 is 10.6 Å². The van der Waals surface area contributed by atoms with Crippen molar-refractivity contribution in [3.05, 3.63) is 75.3 Å². The molecular weight excluding hydrogens is 624 g/mol. The van der Waals surface area contributed by atoms with Gasteiger partial charge >= 0.3 is 18.5 Å². The van der Waals surface area contributed by atoms with Crippen LogP contribution in [-0.4, -0.2) is 36.8 Å². The summed E-state index contributed by atoms with van der Waals surface area (Å²) in [5.41, 5.74) is -6.06. The zero-order valence-corrected chi connectivity index (χ0v) is 21.9. The smallest absolute Gasteiger partial charge is 0.345 e. The summed E-state index contributed by atoms with van der Waals surface area (Å²) in [5, 5.41) is 2.60. The average Bonchev–Trinajstić information content (AvgIpc) is 2.82. The zero-order chi connectivity index (χ0) is 32.4. The van der Waals surface area contributed by atoms with E-state index in [1.165, 1.54) is 5.32 Å². The Morgan fingerprint density at radius 1 is 0.929 bits per heavy atom. The molecule has 0 aromatic heterocycles. The van der Waals surface area contributed by atoms with E-state index in [1.807, 2.05) is 0 Å². The molecule has 2 rings (SSSR count). The topological polar surface area (TPSA) is 58.2 Å².